The first-order valence-electron chi connectivity index (χ1n) is 9.32. The maximum atomic E-state index is 12.7. The van der Waals surface area contributed by atoms with Crippen LogP contribution in [0.2, 0.25) is 5.02 Å². The van der Waals surface area contributed by atoms with Crippen LogP contribution in [0.3, 0.4) is 0 Å². The van der Waals surface area contributed by atoms with Gasteiger partial charge in [0.1, 0.15) is 4.90 Å². The third-order valence-electron chi connectivity index (χ3n) is 4.85. The highest BCUT2D eigenvalue weighted by Crippen LogP contribution is 2.28. The molecule has 2 aromatic heterocycles. The Morgan fingerprint density at radius 1 is 1.23 bits per heavy atom. The number of carbonyl (C=O) groups is 1. The van der Waals surface area contributed by atoms with Crippen LogP contribution in [-0.2, 0) is 14.8 Å². The minimum Gasteiger partial charge on any atom is -0.325 e. The molecule has 0 bridgehead atoms. The van der Waals surface area contributed by atoms with E-state index in [-0.39, 0.29) is 15.8 Å². The second-order valence-corrected chi connectivity index (χ2v) is 11.0. The zero-order chi connectivity index (χ0) is 23.1. The monoisotopic (exact) mass is 482 g/mol. The lowest BCUT2D eigenvalue weighted by molar-refractivity contribution is -0.115. The van der Waals surface area contributed by atoms with Gasteiger partial charge in [0.05, 0.1) is 10.3 Å². The van der Waals surface area contributed by atoms with Gasteiger partial charge in [-0.25, -0.2) is 22.2 Å². The third-order valence-corrected chi connectivity index (χ3v) is 8.10. The normalized spacial score (nSPS) is 13.0. The third kappa shape index (κ3) is 4.69. The fourth-order valence-corrected chi connectivity index (χ4v) is 4.86. The maximum absolute atomic E-state index is 12.7. The molecule has 0 aliphatic carbocycles. The van der Waals surface area contributed by atoms with E-state index in [0.717, 1.165) is 21.3 Å². The van der Waals surface area contributed by atoms with E-state index in [2.05, 4.69) is 20.4 Å². The van der Waals surface area contributed by atoms with Crippen molar-refractivity contribution in [3.63, 3.8) is 0 Å². The summed E-state index contributed by atoms with van der Waals surface area (Å²) in [6, 6.07) is 4.33. The van der Waals surface area contributed by atoms with E-state index in [1.165, 1.54) is 38.0 Å². The highest BCUT2D eigenvalue weighted by Gasteiger charge is 2.23. The van der Waals surface area contributed by atoms with Crippen molar-refractivity contribution < 1.29 is 13.2 Å². The number of amides is 1. The Labute approximate surface area is 190 Å². The second kappa shape index (κ2) is 8.73. The number of carbonyl (C=O) groups excluding carboxylic acids is 1. The lowest BCUT2D eigenvalue weighted by Crippen LogP contribution is -2.24. The van der Waals surface area contributed by atoms with Gasteiger partial charge < -0.3 is 5.32 Å². The van der Waals surface area contributed by atoms with Crippen molar-refractivity contribution in [3.8, 4) is 0 Å². The Hall–Kier alpha value is -2.21. The summed E-state index contributed by atoms with van der Waals surface area (Å²) in [4.78, 5) is 21.4. The number of hydrogen-bond acceptors (Lipinski definition) is 7. The van der Waals surface area contributed by atoms with Crippen LogP contribution in [0.1, 0.15) is 23.9 Å². The van der Waals surface area contributed by atoms with Crippen molar-refractivity contribution in [2.24, 2.45) is 0 Å². The first-order valence-corrected chi connectivity index (χ1v) is 12.0. The van der Waals surface area contributed by atoms with Crippen LogP contribution in [0, 0.1) is 20.8 Å². The number of sulfonamides is 1. The number of nitrogens with zero attached hydrogens (tertiary/aromatic N) is 5. The zero-order valence-electron chi connectivity index (χ0n) is 18.0. The van der Waals surface area contributed by atoms with E-state index in [1.807, 2.05) is 20.8 Å². The van der Waals surface area contributed by atoms with Crippen LogP contribution in [0.4, 0.5) is 5.69 Å². The molecule has 1 unspecified atom stereocenters. The van der Waals surface area contributed by atoms with E-state index >= 15 is 0 Å². The smallest absolute Gasteiger partial charge is 0.253 e. The number of nitrogens with one attached hydrogen (secondary N) is 1. The van der Waals surface area contributed by atoms with E-state index < -0.39 is 15.3 Å². The van der Waals surface area contributed by atoms with Gasteiger partial charge in [0.25, 0.3) is 5.78 Å². The summed E-state index contributed by atoms with van der Waals surface area (Å²) >= 11 is 7.24. The van der Waals surface area contributed by atoms with E-state index in [1.54, 1.807) is 17.5 Å². The SMILES string of the molecule is Cc1nc2nc(SC(C)C(=O)Nc3ccc(Cl)c(S(=O)(=O)N(C)C)c3)nn2c(C)c1C. The predicted molar refractivity (Wildman–Crippen MR) is 121 cm³/mol. The lowest BCUT2D eigenvalue weighted by Gasteiger charge is -2.15. The van der Waals surface area contributed by atoms with Crippen molar-refractivity contribution in [1.82, 2.24) is 23.9 Å². The zero-order valence-corrected chi connectivity index (χ0v) is 20.4. The number of aromatic nitrogens is 4. The van der Waals surface area contributed by atoms with Gasteiger partial charge in [0.2, 0.25) is 21.1 Å². The van der Waals surface area contributed by atoms with E-state index in [0.29, 0.717) is 16.6 Å². The Balaban J connectivity index is 1.79. The average molecular weight is 483 g/mol. The van der Waals surface area contributed by atoms with Crippen molar-refractivity contribution >= 4 is 50.8 Å². The number of thioether (sulfide) groups is 1. The van der Waals surface area contributed by atoms with Gasteiger partial charge in [-0.2, -0.15) is 4.98 Å². The van der Waals surface area contributed by atoms with Crippen molar-refractivity contribution in [1.29, 1.82) is 0 Å². The number of halogens is 1. The molecule has 0 aliphatic rings. The molecule has 1 atom stereocenters. The molecule has 1 aromatic carbocycles. The van der Waals surface area contributed by atoms with Crippen LogP contribution in [0.5, 0.6) is 0 Å². The van der Waals surface area contributed by atoms with Gasteiger partial charge in [0, 0.05) is 31.2 Å². The molecule has 9 nitrogen and oxygen atoms in total. The van der Waals surface area contributed by atoms with Crippen LogP contribution < -0.4 is 5.32 Å². The summed E-state index contributed by atoms with van der Waals surface area (Å²) in [5.41, 5.74) is 3.18. The molecule has 0 saturated heterocycles. The van der Waals surface area contributed by atoms with Crippen LogP contribution in [0.15, 0.2) is 28.3 Å². The molecule has 3 rings (SSSR count). The number of rotatable bonds is 6. The lowest BCUT2D eigenvalue weighted by atomic mass is 10.2. The quantitative estimate of drug-likeness (QED) is 0.537. The number of anilines is 1. The number of benzene rings is 1. The summed E-state index contributed by atoms with van der Waals surface area (Å²) in [7, 11) is -0.918. The summed E-state index contributed by atoms with van der Waals surface area (Å²) in [5, 5.41) is 7.14. The molecular weight excluding hydrogens is 460 g/mol. The molecule has 1 N–H and O–H groups in total. The van der Waals surface area contributed by atoms with Crippen LogP contribution >= 0.6 is 23.4 Å². The predicted octanol–water partition coefficient (Wildman–Crippen LogP) is 3.07. The summed E-state index contributed by atoms with van der Waals surface area (Å²) in [6.07, 6.45) is 0. The highest BCUT2D eigenvalue weighted by atomic mass is 35.5. The number of aryl methyl sites for hydroxylation is 2. The minimum atomic E-state index is -3.75. The fraction of sp³-hybridized carbons (Fsp3) is 0.368. The van der Waals surface area contributed by atoms with Crippen LogP contribution in [-0.4, -0.2) is 57.6 Å². The first-order chi connectivity index (χ1) is 14.4. The summed E-state index contributed by atoms with van der Waals surface area (Å²) in [6.45, 7) is 7.54. The topological polar surface area (TPSA) is 110 Å². The molecule has 0 fully saturated rings. The van der Waals surface area contributed by atoms with Gasteiger partial charge in [-0.15, -0.1) is 5.10 Å². The number of fused-ring (bicyclic) bond motifs is 1. The fourth-order valence-electron chi connectivity index (χ4n) is 2.72. The Morgan fingerprint density at radius 2 is 1.90 bits per heavy atom. The molecule has 0 radical (unpaired) electrons. The molecule has 0 saturated carbocycles. The Bertz CT molecular complexity index is 1270. The molecule has 12 heteroatoms. The standard InChI is InChI=1S/C19H23ClN6O3S2/c1-10-11(2)21-18-23-19(24-26(18)12(10)3)30-13(4)17(27)22-14-7-8-15(20)16(9-14)31(28,29)25(5)6/h7-9,13H,1-6H3,(H,22,27). The summed E-state index contributed by atoms with van der Waals surface area (Å²) < 4.78 is 27.6. The van der Waals surface area contributed by atoms with Gasteiger partial charge in [0.15, 0.2) is 0 Å². The molecule has 2 heterocycles. The largest absolute Gasteiger partial charge is 0.325 e. The minimum absolute atomic E-state index is 0.0772. The van der Waals surface area contributed by atoms with Crippen molar-refractivity contribution in [3.05, 3.63) is 40.2 Å². The molecule has 1 amide bonds. The van der Waals surface area contributed by atoms with Gasteiger partial charge in [-0.1, -0.05) is 23.4 Å². The molecule has 0 spiro atoms. The molecule has 166 valence electrons. The van der Waals surface area contributed by atoms with E-state index in [4.69, 9.17) is 11.6 Å². The Kier molecular flexibility index (Phi) is 6.61. The molecule has 3 aromatic rings. The first kappa shape index (κ1) is 23.5. The van der Waals surface area contributed by atoms with Gasteiger partial charge >= 0.3 is 0 Å². The Morgan fingerprint density at radius 3 is 2.55 bits per heavy atom. The van der Waals surface area contributed by atoms with E-state index in [9.17, 15) is 13.2 Å². The number of hydrogen-bond donors (Lipinski definition) is 1. The average Bonchev–Trinajstić information content (AvgIpc) is 3.09. The van der Waals surface area contributed by atoms with Crippen LogP contribution in [0.25, 0.3) is 5.78 Å². The van der Waals surface area contributed by atoms with Crippen molar-refractivity contribution in [2.75, 3.05) is 19.4 Å². The van der Waals surface area contributed by atoms with Gasteiger partial charge in [-0.3, -0.25) is 4.79 Å². The van der Waals surface area contributed by atoms with Gasteiger partial charge in [-0.05, 0) is 51.5 Å². The second-order valence-electron chi connectivity index (χ2n) is 7.20. The highest BCUT2D eigenvalue weighted by molar-refractivity contribution is 8.00. The summed E-state index contributed by atoms with van der Waals surface area (Å²) in [5.74, 6) is 0.156. The maximum Gasteiger partial charge on any atom is 0.253 e. The van der Waals surface area contributed by atoms with Crippen molar-refractivity contribution in [2.45, 2.75) is 43.0 Å². The molecular formula is C19H23ClN6O3S2. The molecule has 0 aliphatic heterocycles. The molecule has 31 heavy (non-hydrogen) atoms.